The van der Waals surface area contributed by atoms with Gasteiger partial charge in [0.05, 0.1) is 20.8 Å². The Morgan fingerprint density at radius 1 is 0.862 bits per heavy atom. The summed E-state index contributed by atoms with van der Waals surface area (Å²) in [5.74, 6) is 1.22. The van der Waals surface area contributed by atoms with E-state index in [0.29, 0.717) is 11.5 Å². The minimum absolute atomic E-state index is 0.101. The maximum atomic E-state index is 12.4. The Bertz CT molecular complexity index is 1060. The summed E-state index contributed by atoms with van der Waals surface area (Å²) in [5, 5.41) is 8.45. The number of anilines is 1. The maximum Gasteiger partial charge on any atom is 0.243 e. The fraction of sp³-hybridized carbons (Fsp3) is 0.208. The van der Waals surface area contributed by atoms with Gasteiger partial charge in [-0.15, -0.1) is 0 Å². The van der Waals surface area contributed by atoms with Gasteiger partial charge >= 0.3 is 0 Å². The smallest absolute Gasteiger partial charge is 0.243 e. The number of fused-ring (bicyclic) bond motifs is 1. The molecular weight excluding hydrogens is 364 g/mol. The SMILES string of the molecule is COc1ccc(/C(C)=C(\C)NC(=O)CNc2ccc3ccccc3c2)cc1OC. The van der Waals surface area contributed by atoms with Crippen LogP contribution in [0.1, 0.15) is 19.4 Å². The van der Waals surface area contributed by atoms with Gasteiger partial charge in [0.2, 0.25) is 5.91 Å². The van der Waals surface area contributed by atoms with E-state index in [4.69, 9.17) is 9.47 Å². The molecule has 3 rings (SSSR count). The van der Waals surface area contributed by atoms with Gasteiger partial charge in [-0.05, 0) is 60.0 Å². The van der Waals surface area contributed by atoms with Crippen LogP contribution in [-0.2, 0) is 4.79 Å². The van der Waals surface area contributed by atoms with Crippen molar-refractivity contribution in [2.75, 3.05) is 26.1 Å². The summed E-state index contributed by atoms with van der Waals surface area (Å²) in [6.07, 6.45) is 0. The highest BCUT2D eigenvalue weighted by Gasteiger charge is 2.09. The van der Waals surface area contributed by atoms with Gasteiger partial charge in [-0.1, -0.05) is 36.4 Å². The average molecular weight is 390 g/mol. The highest BCUT2D eigenvalue weighted by atomic mass is 16.5. The molecule has 0 spiro atoms. The Labute approximate surface area is 171 Å². The molecule has 5 nitrogen and oxygen atoms in total. The van der Waals surface area contributed by atoms with Crippen LogP contribution >= 0.6 is 0 Å². The molecule has 0 heterocycles. The van der Waals surface area contributed by atoms with Crippen LogP contribution in [0.2, 0.25) is 0 Å². The van der Waals surface area contributed by atoms with Gasteiger partial charge in [-0.25, -0.2) is 0 Å². The molecular formula is C24H26N2O3. The molecule has 0 saturated carbocycles. The second-order valence-electron chi connectivity index (χ2n) is 6.78. The minimum atomic E-state index is -0.101. The van der Waals surface area contributed by atoms with Gasteiger partial charge in [0.15, 0.2) is 11.5 Å². The van der Waals surface area contributed by atoms with E-state index in [1.54, 1.807) is 14.2 Å². The fourth-order valence-electron chi connectivity index (χ4n) is 3.11. The first kappa shape index (κ1) is 20.3. The number of allylic oxidation sites excluding steroid dienone is 2. The Balaban J connectivity index is 1.65. The number of methoxy groups -OCH3 is 2. The lowest BCUT2D eigenvalue weighted by Crippen LogP contribution is -2.28. The number of benzene rings is 3. The van der Waals surface area contributed by atoms with Crippen LogP contribution in [0, 0.1) is 0 Å². The Morgan fingerprint density at radius 2 is 1.59 bits per heavy atom. The quantitative estimate of drug-likeness (QED) is 0.606. The third-order valence-electron chi connectivity index (χ3n) is 4.91. The summed E-state index contributed by atoms with van der Waals surface area (Å²) in [7, 11) is 3.21. The lowest BCUT2D eigenvalue weighted by Gasteiger charge is -2.14. The molecule has 0 aliphatic carbocycles. The van der Waals surface area contributed by atoms with Gasteiger partial charge in [0.25, 0.3) is 0 Å². The molecule has 0 saturated heterocycles. The molecule has 3 aromatic carbocycles. The third kappa shape index (κ3) is 4.88. The van der Waals surface area contributed by atoms with Gasteiger partial charge in [0, 0.05) is 11.4 Å². The molecule has 0 bridgehead atoms. The van der Waals surface area contributed by atoms with E-state index in [-0.39, 0.29) is 12.5 Å². The van der Waals surface area contributed by atoms with E-state index < -0.39 is 0 Å². The predicted octanol–water partition coefficient (Wildman–Crippen LogP) is 4.84. The molecule has 1 amide bonds. The molecule has 150 valence electrons. The second-order valence-corrected chi connectivity index (χ2v) is 6.78. The Hall–Kier alpha value is -3.47. The van der Waals surface area contributed by atoms with Crippen molar-refractivity contribution < 1.29 is 14.3 Å². The topological polar surface area (TPSA) is 59.6 Å². The lowest BCUT2D eigenvalue weighted by atomic mass is 10.0. The third-order valence-corrected chi connectivity index (χ3v) is 4.91. The van der Waals surface area contributed by atoms with E-state index in [1.165, 1.54) is 5.39 Å². The van der Waals surface area contributed by atoms with E-state index in [9.17, 15) is 4.79 Å². The molecule has 0 aliphatic heterocycles. The summed E-state index contributed by atoms with van der Waals surface area (Å²) in [5.41, 5.74) is 3.63. The number of hydrogen-bond donors (Lipinski definition) is 2. The van der Waals surface area contributed by atoms with Crippen LogP contribution in [-0.4, -0.2) is 26.7 Å². The Kier molecular flexibility index (Phi) is 6.39. The fourth-order valence-corrected chi connectivity index (χ4v) is 3.11. The van der Waals surface area contributed by atoms with Crippen molar-refractivity contribution in [3.63, 3.8) is 0 Å². The maximum absolute atomic E-state index is 12.4. The van der Waals surface area contributed by atoms with Crippen molar-refractivity contribution in [3.05, 3.63) is 71.9 Å². The molecule has 3 aromatic rings. The van der Waals surface area contributed by atoms with Crippen molar-refractivity contribution in [2.24, 2.45) is 0 Å². The summed E-state index contributed by atoms with van der Waals surface area (Å²) >= 11 is 0. The van der Waals surface area contributed by atoms with Gasteiger partial charge in [-0.2, -0.15) is 0 Å². The zero-order chi connectivity index (χ0) is 20.8. The number of rotatable bonds is 7. The second kappa shape index (κ2) is 9.15. The molecule has 0 aromatic heterocycles. The number of carbonyl (C=O) groups is 1. The number of carbonyl (C=O) groups excluding carboxylic acids is 1. The molecule has 0 atom stereocenters. The first-order valence-electron chi connectivity index (χ1n) is 9.44. The van der Waals surface area contributed by atoms with Crippen LogP contribution in [0.15, 0.2) is 66.4 Å². The summed E-state index contributed by atoms with van der Waals surface area (Å²) in [6, 6.07) is 19.9. The number of hydrogen-bond acceptors (Lipinski definition) is 4. The van der Waals surface area contributed by atoms with E-state index in [0.717, 1.165) is 27.9 Å². The molecule has 29 heavy (non-hydrogen) atoms. The van der Waals surface area contributed by atoms with Crippen molar-refractivity contribution in [2.45, 2.75) is 13.8 Å². The number of amides is 1. The Morgan fingerprint density at radius 3 is 2.31 bits per heavy atom. The molecule has 0 aliphatic rings. The highest BCUT2D eigenvalue weighted by molar-refractivity contribution is 5.88. The molecule has 2 N–H and O–H groups in total. The van der Waals surface area contributed by atoms with Crippen LogP contribution in [0.25, 0.3) is 16.3 Å². The molecule has 0 fully saturated rings. The minimum Gasteiger partial charge on any atom is -0.493 e. The van der Waals surface area contributed by atoms with Crippen LogP contribution < -0.4 is 20.1 Å². The van der Waals surface area contributed by atoms with Gasteiger partial charge in [-0.3, -0.25) is 4.79 Å². The molecule has 5 heteroatoms. The van der Waals surface area contributed by atoms with Gasteiger partial charge < -0.3 is 20.1 Å². The summed E-state index contributed by atoms with van der Waals surface area (Å²) < 4.78 is 10.6. The van der Waals surface area contributed by atoms with Crippen molar-refractivity contribution in [3.8, 4) is 11.5 Å². The normalized spacial score (nSPS) is 11.6. The molecule has 0 radical (unpaired) electrons. The predicted molar refractivity (Wildman–Crippen MR) is 118 cm³/mol. The van der Waals surface area contributed by atoms with Crippen LogP contribution in [0.5, 0.6) is 11.5 Å². The van der Waals surface area contributed by atoms with E-state index >= 15 is 0 Å². The largest absolute Gasteiger partial charge is 0.493 e. The first-order chi connectivity index (χ1) is 14.0. The zero-order valence-electron chi connectivity index (χ0n) is 17.2. The average Bonchev–Trinajstić information content (AvgIpc) is 2.76. The zero-order valence-corrected chi connectivity index (χ0v) is 17.2. The standard InChI is InChI=1S/C24H26N2O3/c1-16(19-10-12-22(28-3)23(14-19)29-4)17(2)26-24(27)15-25-21-11-9-18-7-5-6-8-20(18)13-21/h5-14,25H,15H2,1-4H3,(H,26,27)/b17-16+. The lowest BCUT2D eigenvalue weighted by molar-refractivity contribution is -0.118. The monoisotopic (exact) mass is 390 g/mol. The molecule has 0 unspecified atom stereocenters. The first-order valence-corrected chi connectivity index (χ1v) is 9.44. The summed E-state index contributed by atoms with van der Waals surface area (Å²) in [4.78, 5) is 12.4. The van der Waals surface area contributed by atoms with E-state index in [2.05, 4.69) is 22.8 Å². The van der Waals surface area contributed by atoms with E-state index in [1.807, 2.05) is 62.4 Å². The van der Waals surface area contributed by atoms with Gasteiger partial charge in [0.1, 0.15) is 0 Å². The number of nitrogens with one attached hydrogen (secondary N) is 2. The highest BCUT2D eigenvalue weighted by Crippen LogP contribution is 2.30. The van der Waals surface area contributed by atoms with Crippen LogP contribution in [0.4, 0.5) is 5.69 Å². The summed E-state index contributed by atoms with van der Waals surface area (Å²) in [6.45, 7) is 4.04. The number of ether oxygens (including phenoxy) is 2. The van der Waals surface area contributed by atoms with Crippen LogP contribution in [0.3, 0.4) is 0 Å². The van der Waals surface area contributed by atoms with Crippen molar-refractivity contribution in [1.82, 2.24) is 5.32 Å². The van der Waals surface area contributed by atoms with Crippen molar-refractivity contribution >= 4 is 27.9 Å². The van der Waals surface area contributed by atoms with Crippen molar-refractivity contribution in [1.29, 1.82) is 0 Å².